The Labute approximate surface area is 193 Å². The van der Waals surface area contributed by atoms with Crippen molar-refractivity contribution in [3.8, 4) is 0 Å². The number of halogens is 2. The number of benzene rings is 1. The lowest BCUT2D eigenvalue weighted by molar-refractivity contribution is 0.0513. The topological polar surface area (TPSA) is 45.7 Å². The molecule has 1 aliphatic heterocycles. The lowest BCUT2D eigenvalue weighted by atomic mass is 9.74. The third kappa shape index (κ3) is 6.24. The van der Waals surface area contributed by atoms with Crippen LogP contribution in [0.15, 0.2) is 33.7 Å². The van der Waals surface area contributed by atoms with Gasteiger partial charge in [-0.3, -0.25) is 4.99 Å². The maximum absolute atomic E-state index is 5.65. The van der Waals surface area contributed by atoms with Gasteiger partial charge in [-0.05, 0) is 56.1 Å². The van der Waals surface area contributed by atoms with Gasteiger partial charge in [-0.1, -0.05) is 28.1 Å². The Morgan fingerprint density at radius 2 is 1.96 bits per heavy atom. The molecular formula is C20H31BrIN3OS. The molecule has 1 aromatic carbocycles. The molecule has 1 saturated heterocycles. The quantitative estimate of drug-likeness (QED) is 0.311. The van der Waals surface area contributed by atoms with Crippen LogP contribution in [0.25, 0.3) is 0 Å². The molecule has 1 aliphatic carbocycles. The van der Waals surface area contributed by atoms with Crippen LogP contribution in [-0.2, 0) is 10.2 Å². The van der Waals surface area contributed by atoms with Crippen LogP contribution in [0.2, 0.25) is 0 Å². The third-order valence-electron chi connectivity index (χ3n) is 5.78. The molecule has 2 N–H and O–H groups in total. The standard InChI is InChI=1S/C20H30BrN3OS.HI/c1-22-19(24-17-7-8-18(13-17)26-2)23-14-20(9-11-25-12-10-20)15-3-5-16(21)6-4-15;/h3-6,17-18H,7-14H2,1-2H3,(H2,22,23,24);1H. The average molecular weight is 568 g/mol. The van der Waals surface area contributed by atoms with E-state index in [4.69, 9.17) is 4.74 Å². The smallest absolute Gasteiger partial charge is 0.191 e. The Bertz CT molecular complexity index is 608. The van der Waals surface area contributed by atoms with Crippen LogP contribution < -0.4 is 10.6 Å². The SMILES string of the molecule is CN=C(NCC1(c2ccc(Br)cc2)CCOCC1)NC1CCC(SC)C1.I. The van der Waals surface area contributed by atoms with Gasteiger partial charge in [-0.2, -0.15) is 11.8 Å². The van der Waals surface area contributed by atoms with E-state index in [0.29, 0.717) is 6.04 Å². The molecule has 1 heterocycles. The molecule has 2 atom stereocenters. The van der Waals surface area contributed by atoms with Gasteiger partial charge in [0.25, 0.3) is 0 Å². The number of nitrogens with one attached hydrogen (secondary N) is 2. The molecular weight excluding hydrogens is 537 g/mol. The van der Waals surface area contributed by atoms with Gasteiger partial charge in [-0.15, -0.1) is 24.0 Å². The van der Waals surface area contributed by atoms with E-state index in [2.05, 4.69) is 62.1 Å². The fourth-order valence-electron chi connectivity index (χ4n) is 4.06. The van der Waals surface area contributed by atoms with Gasteiger partial charge in [-0.25, -0.2) is 0 Å². The van der Waals surface area contributed by atoms with Crippen molar-refractivity contribution in [1.82, 2.24) is 10.6 Å². The van der Waals surface area contributed by atoms with Crippen molar-refractivity contribution < 1.29 is 4.74 Å². The summed E-state index contributed by atoms with van der Waals surface area (Å²) < 4.78 is 6.77. The molecule has 1 aromatic rings. The molecule has 0 aromatic heterocycles. The van der Waals surface area contributed by atoms with Crippen LogP contribution in [-0.4, -0.2) is 50.3 Å². The highest BCUT2D eigenvalue weighted by atomic mass is 127. The van der Waals surface area contributed by atoms with Crippen molar-refractivity contribution in [1.29, 1.82) is 0 Å². The molecule has 1 saturated carbocycles. The van der Waals surface area contributed by atoms with Gasteiger partial charge in [0.1, 0.15) is 0 Å². The highest BCUT2D eigenvalue weighted by molar-refractivity contribution is 14.0. The van der Waals surface area contributed by atoms with E-state index in [9.17, 15) is 0 Å². The number of guanidine groups is 1. The molecule has 27 heavy (non-hydrogen) atoms. The first-order valence-electron chi connectivity index (χ1n) is 9.49. The average Bonchev–Trinajstić information content (AvgIpc) is 3.14. The van der Waals surface area contributed by atoms with Crippen LogP contribution in [0.3, 0.4) is 0 Å². The number of ether oxygens (including phenoxy) is 1. The van der Waals surface area contributed by atoms with Gasteiger partial charge < -0.3 is 15.4 Å². The highest BCUT2D eigenvalue weighted by Gasteiger charge is 2.35. The van der Waals surface area contributed by atoms with Gasteiger partial charge >= 0.3 is 0 Å². The van der Waals surface area contributed by atoms with Crippen LogP contribution in [0, 0.1) is 0 Å². The molecule has 152 valence electrons. The first-order valence-corrected chi connectivity index (χ1v) is 11.6. The molecule has 3 rings (SSSR count). The van der Waals surface area contributed by atoms with E-state index in [1.54, 1.807) is 0 Å². The molecule has 4 nitrogen and oxygen atoms in total. The van der Waals surface area contributed by atoms with Crippen LogP contribution >= 0.6 is 51.7 Å². The Kier molecular flexibility index (Phi) is 9.71. The van der Waals surface area contributed by atoms with Crippen molar-refractivity contribution in [2.45, 2.75) is 48.8 Å². The molecule has 2 unspecified atom stereocenters. The largest absolute Gasteiger partial charge is 0.381 e. The van der Waals surface area contributed by atoms with Crippen LogP contribution in [0.5, 0.6) is 0 Å². The second-order valence-electron chi connectivity index (χ2n) is 7.34. The maximum Gasteiger partial charge on any atom is 0.191 e. The highest BCUT2D eigenvalue weighted by Crippen LogP contribution is 2.35. The number of rotatable bonds is 5. The minimum atomic E-state index is 0. The van der Waals surface area contributed by atoms with E-state index >= 15 is 0 Å². The van der Waals surface area contributed by atoms with Crippen molar-refractivity contribution >= 4 is 57.6 Å². The van der Waals surface area contributed by atoms with Crippen LogP contribution in [0.4, 0.5) is 0 Å². The Morgan fingerprint density at radius 3 is 2.56 bits per heavy atom. The van der Waals surface area contributed by atoms with Crippen molar-refractivity contribution in [3.05, 3.63) is 34.3 Å². The van der Waals surface area contributed by atoms with Gasteiger partial charge in [0, 0.05) is 48.0 Å². The third-order valence-corrected chi connectivity index (χ3v) is 7.41. The summed E-state index contributed by atoms with van der Waals surface area (Å²) in [5, 5.41) is 8.04. The van der Waals surface area contributed by atoms with E-state index in [0.717, 1.165) is 48.3 Å². The summed E-state index contributed by atoms with van der Waals surface area (Å²) >= 11 is 5.54. The van der Waals surface area contributed by atoms with Crippen molar-refractivity contribution in [3.63, 3.8) is 0 Å². The van der Waals surface area contributed by atoms with Gasteiger partial charge in [0.05, 0.1) is 0 Å². The normalized spacial score (nSPS) is 24.9. The summed E-state index contributed by atoms with van der Waals surface area (Å²) in [5.41, 5.74) is 1.49. The fraction of sp³-hybridized carbons (Fsp3) is 0.650. The predicted octanol–water partition coefficient (Wildman–Crippen LogP) is 4.56. The molecule has 0 spiro atoms. The summed E-state index contributed by atoms with van der Waals surface area (Å²) in [7, 11) is 1.87. The molecule has 2 aliphatic rings. The lowest BCUT2D eigenvalue weighted by Gasteiger charge is -2.38. The number of nitrogens with zero attached hydrogens (tertiary/aromatic N) is 1. The molecule has 2 fully saturated rings. The number of hydrogen-bond donors (Lipinski definition) is 2. The fourth-order valence-corrected chi connectivity index (χ4v) is 5.12. The Balaban J connectivity index is 0.00000261. The zero-order valence-corrected chi connectivity index (χ0v) is 20.9. The second kappa shape index (κ2) is 11.3. The summed E-state index contributed by atoms with van der Waals surface area (Å²) in [4.78, 5) is 4.47. The summed E-state index contributed by atoms with van der Waals surface area (Å²) in [5.74, 6) is 0.930. The zero-order chi connectivity index (χ0) is 18.4. The summed E-state index contributed by atoms with van der Waals surface area (Å²) in [6.07, 6.45) is 8.06. The number of aliphatic imine (C=N–C) groups is 1. The number of thioether (sulfide) groups is 1. The molecule has 0 bridgehead atoms. The van der Waals surface area contributed by atoms with E-state index in [-0.39, 0.29) is 29.4 Å². The monoisotopic (exact) mass is 567 g/mol. The second-order valence-corrected chi connectivity index (χ2v) is 9.39. The van der Waals surface area contributed by atoms with E-state index in [1.807, 2.05) is 18.8 Å². The van der Waals surface area contributed by atoms with Crippen molar-refractivity contribution in [2.75, 3.05) is 33.1 Å². The van der Waals surface area contributed by atoms with E-state index in [1.165, 1.54) is 24.8 Å². The van der Waals surface area contributed by atoms with Gasteiger partial charge in [0.2, 0.25) is 0 Å². The summed E-state index contributed by atoms with van der Waals surface area (Å²) in [6, 6.07) is 9.30. The first kappa shape index (κ1) is 23.3. The molecule has 0 radical (unpaired) electrons. The maximum atomic E-state index is 5.65. The molecule has 0 amide bonds. The Hall–Kier alpha value is 0.01000. The zero-order valence-electron chi connectivity index (χ0n) is 16.2. The van der Waals surface area contributed by atoms with Crippen LogP contribution in [0.1, 0.15) is 37.7 Å². The summed E-state index contributed by atoms with van der Waals surface area (Å²) in [6.45, 7) is 2.53. The minimum absolute atomic E-state index is 0. The van der Waals surface area contributed by atoms with Crippen molar-refractivity contribution in [2.24, 2.45) is 4.99 Å². The van der Waals surface area contributed by atoms with E-state index < -0.39 is 0 Å². The molecule has 7 heteroatoms. The van der Waals surface area contributed by atoms with Gasteiger partial charge in [0.15, 0.2) is 5.96 Å². The predicted molar refractivity (Wildman–Crippen MR) is 131 cm³/mol. The first-order chi connectivity index (χ1) is 12.6. The Morgan fingerprint density at radius 1 is 1.26 bits per heavy atom. The lowest BCUT2D eigenvalue weighted by Crippen LogP contribution is -2.49. The number of hydrogen-bond acceptors (Lipinski definition) is 3. The minimum Gasteiger partial charge on any atom is -0.381 e.